The van der Waals surface area contributed by atoms with Crippen molar-refractivity contribution < 1.29 is 13.6 Å². The number of amides is 1. The molecule has 2 N–H and O–H groups in total. The highest BCUT2D eigenvalue weighted by atomic mass is 16.4. The normalized spacial score (nSPS) is 11.3. The van der Waals surface area contributed by atoms with Crippen molar-refractivity contribution in [1.29, 1.82) is 0 Å². The number of hydrogen-bond acceptors (Lipinski definition) is 7. The van der Waals surface area contributed by atoms with Crippen LogP contribution in [0.3, 0.4) is 0 Å². The van der Waals surface area contributed by atoms with Gasteiger partial charge in [-0.3, -0.25) is 10.1 Å². The van der Waals surface area contributed by atoms with Crippen molar-refractivity contribution in [3.8, 4) is 11.1 Å². The minimum Gasteiger partial charge on any atom is -0.461 e. The Balaban J connectivity index is 1.54. The number of furan rings is 1. The summed E-state index contributed by atoms with van der Waals surface area (Å²) in [5, 5.41) is 17.3. The summed E-state index contributed by atoms with van der Waals surface area (Å²) < 4.78 is 11.6. The number of nitrogens with one attached hydrogen (secondary N) is 2. The van der Waals surface area contributed by atoms with Crippen molar-refractivity contribution >= 4 is 33.8 Å². The van der Waals surface area contributed by atoms with Gasteiger partial charge in [0.2, 0.25) is 5.91 Å². The Morgan fingerprint density at radius 3 is 2.59 bits per heavy atom. The van der Waals surface area contributed by atoms with Crippen molar-refractivity contribution in [2.24, 2.45) is 0 Å². The van der Waals surface area contributed by atoms with E-state index < -0.39 is 5.63 Å². The van der Waals surface area contributed by atoms with Crippen LogP contribution in [0.4, 0.5) is 5.95 Å². The molecule has 0 aliphatic heterocycles. The molecule has 160 valence electrons. The number of rotatable bonds is 5. The van der Waals surface area contributed by atoms with Gasteiger partial charge in [0.05, 0.1) is 0 Å². The van der Waals surface area contributed by atoms with Gasteiger partial charge in [-0.05, 0) is 42.7 Å². The van der Waals surface area contributed by atoms with E-state index in [-0.39, 0.29) is 24.7 Å². The molecule has 0 unspecified atom stereocenters. The molecule has 3 aromatic heterocycles. The number of aromatic amines is 1. The van der Waals surface area contributed by atoms with Gasteiger partial charge in [0.15, 0.2) is 0 Å². The summed E-state index contributed by atoms with van der Waals surface area (Å²) >= 11 is 0. The van der Waals surface area contributed by atoms with E-state index in [0.717, 1.165) is 33.2 Å². The Bertz CT molecular complexity index is 1500. The summed E-state index contributed by atoms with van der Waals surface area (Å²) in [4.78, 5) is 24.8. The van der Waals surface area contributed by atoms with Crippen molar-refractivity contribution in [2.45, 2.75) is 26.7 Å². The zero-order valence-corrected chi connectivity index (χ0v) is 17.4. The van der Waals surface area contributed by atoms with E-state index in [1.807, 2.05) is 50.2 Å². The van der Waals surface area contributed by atoms with Crippen LogP contribution in [0, 0.1) is 13.8 Å². The highest BCUT2D eigenvalue weighted by molar-refractivity contribution is 6.03. The van der Waals surface area contributed by atoms with Crippen LogP contribution in [0.5, 0.6) is 0 Å². The average molecular weight is 429 g/mol. The van der Waals surface area contributed by atoms with Crippen LogP contribution in [0.2, 0.25) is 0 Å². The lowest BCUT2D eigenvalue weighted by Crippen LogP contribution is -2.17. The largest absolute Gasteiger partial charge is 0.461 e. The van der Waals surface area contributed by atoms with Crippen molar-refractivity contribution in [3.63, 3.8) is 0 Å². The van der Waals surface area contributed by atoms with Crippen LogP contribution in [0.25, 0.3) is 33.1 Å². The summed E-state index contributed by atoms with van der Waals surface area (Å²) in [5.41, 5.74) is 3.95. The van der Waals surface area contributed by atoms with Crippen molar-refractivity contribution in [2.75, 3.05) is 5.32 Å². The summed E-state index contributed by atoms with van der Waals surface area (Å²) in [6.45, 7) is 3.79. The molecule has 5 rings (SSSR count). The third-order valence-corrected chi connectivity index (χ3v) is 5.53. The Morgan fingerprint density at radius 1 is 1.06 bits per heavy atom. The molecule has 0 bridgehead atoms. The van der Waals surface area contributed by atoms with E-state index in [1.54, 1.807) is 6.07 Å². The fourth-order valence-electron chi connectivity index (χ4n) is 3.99. The molecule has 2 aromatic carbocycles. The molecule has 0 radical (unpaired) electrons. The number of tetrazole rings is 1. The number of anilines is 1. The molecule has 0 aliphatic carbocycles. The minimum absolute atomic E-state index is 0.0774. The number of nitrogens with zero attached hydrogens (tertiary/aromatic N) is 3. The van der Waals surface area contributed by atoms with E-state index in [0.29, 0.717) is 16.7 Å². The molecule has 9 nitrogen and oxygen atoms in total. The van der Waals surface area contributed by atoms with Crippen LogP contribution in [0.1, 0.15) is 23.3 Å². The fourth-order valence-corrected chi connectivity index (χ4v) is 3.99. The van der Waals surface area contributed by atoms with Crippen LogP contribution in [-0.2, 0) is 11.2 Å². The zero-order chi connectivity index (χ0) is 22.2. The molecule has 32 heavy (non-hydrogen) atoms. The minimum atomic E-state index is -0.465. The second-order valence-corrected chi connectivity index (χ2v) is 7.52. The Morgan fingerprint density at radius 2 is 1.84 bits per heavy atom. The molecule has 0 saturated heterocycles. The van der Waals surface area contributed by atoms with Crippen LogP contribution in [0.15, 0.2) is 56.1 Å². The first-order valence-corrected chi connectivity index (χ1v) is 10.1. The molecule has 0 fully saturated rings. The second kappa shape index (κ2) is 7.77. The maximum absolute atomic E-state index is 12.6. The molecular weight excluding hydrogens is 410 g/mol. The van der Waals surface area contributed by atoms with Gasteiger partial charge in [0, 0.05) is 34.4 Å². The summed E-state index contributed by atoms with van der Waals surface area (Å²) in [5.74, 6) is 0.556. The van der Waals surface area contributed by atoms with Gasteiger partial charge in [0.25, 0.3) is 5.95 Å². The molecular formula is C23H19N5O4. The Labute approximate surface area is 181 Å². The predicted molar refractivity (Wildman–Crippen MR) is 118 cm³/mol. The number of carbonyl (C=O) groups excluding carboxylic acids is 1. The molecule has 0 atom stereocenters. The molecule has 1 amide bonds. The van der Waals surface area contributed by atoms with Crippen LogP contribution >= 0.6 is 0 Å². The van der Waals surface area contributed by atoms with Gasteiger partial charge in [-0.1, -0.05) is 35.4 Å². The number of aryl methyl sites for hydroxylation is 2. The number of H-pyrrole nitrogens is 1. The predicted octanol–water partition coefficient (Wildman–Crippen LogP) is 3.91. The van der Waals surface area contributed by atoms with Gasteiger partial charge in [0.1, 0.15) is 16.9 Å². The van der Waals surface area contributed by atoms with Crippen molar-refractivity contribution in [3.05, 3.63) is 69.8 Å². The standard InChI is InChI=1S/C23H19N5O4/c1-12-15(8-9-20(29)24-23-25-27-28-26-23)22(30)32-18-11-19-17(10-16(12)18)21(13(2)31-19)14-6-4-3-5-7-14/h3-7,10-11H,8-9H2,1-2H3,(H2,24,25,26,27,28,29). The van der Waals surface area contributed by atoms with Crippen molar-refractivity contribution in [1.82, 2.24) is 20.6 Å². The van der Waals surface area contributed by atoms with Gasteiger partial charge >= 0.3 is 5.63 Å². The number of aromatic nitrogens is 4. The SMILES string of the molecule is Cc1oc2cc3oc(=O)c(CCC(=O)Nc4nn[nH]n4)c(C)c3cc2c1-c1ccccc1. The number of fused-ring (bicyclic) bond motifs is 2. The van der Waals surface area contributed by atoms with E-state index in [4.69, 9.17) is 8.83 Å². The first-order valence-electron chi connectivity index (χ1n) is 10.1. The molecule has 0 saturated carbocycles. The van der Waals surface area contributed by atoms with E-state index in [9.17, 15) is 9.59 Å². The number of carbonyl (C=O) groups is 1. The molecule has 0 aliphatic rings. The molecule has 0 spiro atoms. The molecule has 3 heterocycles. The summed E-state index contributed by atoms with van der Waals surface area (Å²) in [7, 11) is 0. The maximum Gasteiger partial charge on any atom is 0.339 e. The monoisotopic (exact) mass is 429 g/mol. The molecule has 9 heteroatoms. The third-order valence-electron chi connectivity index (χ3n) is 5.53. The zero-order valence-electron chi connectivity index (χ0n) is 17.4. The summed E-state index contributed by atoms with van der Waals surface area (Å²) in [6, 6.07) is 13.8. The Hall–Kier alpha value is -4.27. The third kappa shape index (κ3) is 3.43. The molecule has 5 aromatic rings. The van der Waals surface area contributed by atoms with E-state index >= 15 is 0 Å². The lowest BCUT2D eigenvalue weighted by molar-refractivity contribution is -0.116. The topological polar surface area (TPSA) is 127 Å². The number of benzene rings is 2. The fraction of sp³-hybridized carbons (Fsp3) is 0.174. The van der Waals surface area contributed by atoms with Crippen LogP contribution in [-0.4, -0.2) is 26.5 Å². The van der Waals surface area contributed by atoms with Gasteiger partial charge < -0.3 is 8.83 Å². The lowest BCUT2D eigenvalue weighted by Gasteiger charge is -2.08. The average Bonchev–Trinajstić information content (AvgIpc) is 3.39. The first kappa shape index (κ1) is 19.7. The smallest absolute Gasteiger partial charge is 0.339 e. The maximum atomic E-state index is 12.6. The number of hydrogen-bond donors (Lipinski definition) is 2. The Kier molecular flexibility index (Phi) is 4.78. The summed E-state index contributed by atoms with van der Waals surface area (Å²) in [6.07, 6.45) is 0.301. The van der Waals surface area contributed by atoms with Gasteiger partial charge in [-0.15, -0.1) is 5.10 Å². The second-order valence-electron chi connectivity index (χ2n) is 7.52. The van der Waals surface area contributed by atoms with Gasteiger partial charge in [-0.2, -0.15) is 5.21 Å². The first-order chi connectivity index (χ1) is 15.5. The highest BCUT2D eigenvalue weighted by Crippen LogP contribution is 2.37. The van der Waals surface area contributed by atoms with E-state index in [2.05, 4.69) is 25.9 Å². The quantitative estimate of drug-likeness (QED) is 0.406. The highest BCUT2D eigenvalue weighted by Gasteiger charge is 2.18. The van der Waals surface area contributed by atoms with E-state index in [1.165, 1.54) is 0 Å². The van der Waals surface area contributed by atoms with Gasteiger partial charge in [-0.25, -0.2) is 4.79 Å². The van der Waals surface area contributed by atoms with Crippen LogP contribution < -0.4 is 10.9 Å². The lowest BCUT2D eigenvalue weighted by atomic mass is 9.98.